The number of nitrogens with zero attached hydrogens (tertiary/aromatic N) is 1. The highest BCUT2D eigenvalue weighted by molar-refractivity contribution is 5.97. The van der Waals surface area contributed by atoms with Gasteiger partial charge in [0.25, 0.3) is 5.91 Å². The van der Waals surface area contributed by atoms with Crippen LogP contribution in [0.3, 0.4) is 0 Å². The normalized spacial score (nSPS) is 13.7. The molecule has 1 N–H and O–H groups in total. The van der Waals surface area contributed by atoms with Crippen LogP contribution in [0.5, 0.6) is 5.75 Å². The smallest absolute Gasteiger partial charge is 0.262 e. The van der Waals surface area contributed by atoms with Gasteiger partial charge in [0.1, 0.15) is 0 Å². The van der Waals surface area contributed by atoms with Crippen LogP contribution in [-0.4, -0.2) is 17.5 Å². The van der Waals surface area contributed by atoms with Crippen molar-refractivity contribution in [2.45, 2.75) is 19.8 Å². The molecule has 0 atom stereocenters. The van der Waals surface area contributed by atoms with Gasteiger partial charge in [-0.2, -0.15) is 0 Å². The van der Waals surface area contributed by atoms with Gasteiger partial charge in [0, 0.05) is 11.8 Å². The van der Waals surface area contributed by atoms with Crippen LogP contribution in [0.25, 0.3) is 11.3 Å². The van der Waals surface area contributed by atoms with E-state index in [4.69, 9.17) is 4.74 Å². The number of fused-ring (bicyclic) bond motifs is 1. The lowest BCUT2D eigenvalue weighted by Gasteiger charge is -2.20. The minimum atomic E-state index is -0.126. The van der Waals surface area contributed by atoms with E-state index < -0.39 is 0 Å². The molecule has 2 heterocycles. The number of para-hydroxylation sites is 1. The van der Waals surface area contributed by atoms with E-state index >= 15 is 0 Å². The topological polar surface area (TPSA) is 51.2 Å². The molecule has 1 aromatic heterocycles. The summed E-state index contributed by atoms with van der Waals surface area (Å²) in [4.78, 5) is 15.8. The van der Waals surface area contributed by atoms with Crippen molar-refractivity contribution in [3.63, 3.8) is 0 Å². The van der Waals surface area contributed by atoms with Crippen molar-refractivity contribution in [3.8, 4) is 17.0 Å². The van der Waals surface area contributed by atoms with Gasteiger partial charge in [-0.25, -0.2) is 0 Å². The average molecular weight is 268 g/mol. The first-order valence-electron chi connectivity index (χ1n) is 6.67. The molecule has 0 saturated carbocycles. The zero-order valence-electron chi connectivity index (χ0n) is 11.5. The second-order valence-electron chi connectivity index (χ2n) is 5.15. The average Bonchev–Trinajstić information content (AvgIpc) is 2.46. The van der Waals surface area contributed by atoms with E-state index in [1.54, 1.807) is 0 Å². The van der Waals surface area contributed by atoms with E-state index in [9.17, 15) is 4.79 Å². The molecule has 0 saturated heterocycles. The fourth-order valence-electron chi connectivity index (χ4n) is 2.27. The highest BCUT2D eigenvalue weighted by Crippen LogP contribution is 2.37. The summed E-state index contributed by atoms with van der Waals surface area (Å²) in [6.07, 6.45) is 1.81. The minimum Gasteiger partial charge on any atom is -0.481 e. The summed E-state index contributed by atoms with van der Waals surface area (Å²) in [5, 5.41) is 2.82. The van der Waals surface area contributed by atoms with Crippen LogP contribution in [0.15, 0.2) is 36.5 Å². The number of aromatic nitrogens is 1. The van der Waals surface area contributed by atoms with E-state index in [0.29, 0.717) is 17.4 Å². The van der Waals surface area contributed by atoms with Gasteiger partial charge in [-0.05, 0) is 35.7 Å². The van der Waals surface area contributed by atoms with Crippen molar-refractivity contribution >= 4 is 11.6 Å². The lowest BCUT2D eigenvalue weighted by Crippen LogP contribution is -2.25. The number of benzene rings is 1. The Kier molecular flexibility index (Phi) is 3.14. The Balaban J connectivity index is 2.09. The zero-order valence-corrected chi connectivity index (χ0v) is 11.5. The van der Waals surface area contributed by atoms with Gasteiger partial charge < -0.3 is 10.1 Å². The fourth-order valence-corrected chi connectivity index (χ4v) is 2.27. The summed E-state index contributed by atoms with van der Waals surface area (Å²) in [5.74, 6) is 1.01. The van der Waals surface area contributed by atoms with Crippen LogP contribution in [0.4, 0.5) is 5.69 Å². The number of hydrogen-bond acceptors (Lipinski definition) is 3. The zero-order chi connectivity index (χ0) is 14.1. The molecule has 0 radical (unpaired) electrons. The van der Waals surface area contributed by atoms with Gasteiger partial charge in [0.15, 0.2) is 12.4 Å². The molecule has 0 unspecified atom stereocenters. The maximum Gasteiger partial charge on any atom is 0.262 e. The lowest BCUT2D eigenvalue weighted by molar-refractivity contribution is -0.118. The SMILES string of the molecule is CC(C)c1ccnc(-c2cccc3c2OCC(=O)N3)c1. The van der Waals surface area contributed by atoms with E-state index in [1.807, 2.05) is 30.5 Å². The summed E-state index contributed by atoms with van der Waals surface area (Å²) in [6, 6.07) is 9.78. The second kappa shape index (κ2) is 4.96. The molecule has 0 fully saturated rings. The Morgan fingerprint density at radius 2 is 2.15 bits per heavy atom. The highest BCUT2D eigenvalue weighted by Gasteiger charge is 2.20. The molecule has 3 rings (SSSR count). The molecular formula is C16H16N2O2. The number of amides is 1. The molecule has 1 aliphatic heterocycles. The van der Waals surface area contributed by atoms with E-state index in [2.05, 4.69) is 30.2 Å². The molecule has 1 amide bonds. The van der Waals surface area contributed by atoms with Crippen LogP contribution >= 0.6 is 0 Å². The third kappa shape index (κ3) is 2.25. The molecule has 20 heavy (non-hydrogen) atoms. The largest absolute Gasteiger partial charge is 0.481 e. The van der Waals surface area contributed by atoms with Gasteiger partial charge in [0.05, 0.1) is 11.4 Å². The van der Waals surface area contributed by atoms with E-state index in [0.717, 1.165) is 11.3 Å². The maximum atomic E-state index is 11.4. The Hall–Kier alpha value is -2.36. The third-order valence-corrected chi connectivity index (χ3v) is 3.36. The third-order valence-electron chi connectivity index (χ3n) is 3.36. The number of nitrogens with one attached hydrogen (secondary N) is 1. The molecule has 4 heteroatoms. The van der Waals surface area contributed by atoms with Gasteiger partial charge in [-0.1, -0.05) is 19.9 Å². The summed E-state index contributed by atoms with van der Waals surface area (Å²) in [6.45, 7) is 4.35. The van der Waals surface area contributed by atoms with Crippen molar-refractivity contribution in [2.75, 3.05) is 11.9 Å². The predicted octanol–water partition coefficient (Wildman–Crippen LogP) is 3.20. The Morgan fingerprint density at radius 1 is 1.30 bits per heavy atom. The molecule has 4 nitrogen and oxygen atoms in total. The number of hydrogen-bond donors (Lipinski definition) is 1. The molecule has 2 aromatic rings. The number of rotatable bonds is 2. The molecule has 1 aromatic carbocycles. The molecule has 0 bridgehead atoms. The van der Waals surface area contributed by atoms with Crippen molar-refractivity contribution in [1.82, 2.24) is 4.98 Å². The van der Waals surface area contributed by atoms with Crippen LogP contribution in [-0.2, 0) is 4.79 Å². The standard InChI is InChI=1S/C16H16N2O2/c1-10(2)11-6-7-17-14(8-11)12-4-3-5-13-16(12)20-9-15(19)18-13/h3-8,10H,9H2,1-2H3,(H,18,19). The maximum absolute atomic E-state index is 11.4. The molecule has 102 valence electrons. The molecule has 1 aliphatic rings. The van der Waals surface area contributed by atoms with E-state index in [1.165, 1.54) is 5.56 Å². The van der Waals surface area contributed by atoms with Crippen molar-refractivity contribution in [2.24, 2.45) is 0 Å². The van der Waals surface area contributed by atoms with Crippen LogP contribution < -0.4 is 10.1 Å². The summed E-state index contributed by atoms with van der Waals surface area (Å²) < 4.78 is 5.57. The van der Waals surface area contributed by atoms with Gasteiger partial charge >= 0.3 is 0 Å². The highest BCUT2D eigenvalue weighted by atomic mass is 16.5. The summed E-state index contributed by atoms with van der Waals surface area (Å²) in [5.41, 5.74) is 3.71. The predicted molar refractivity (Wildman–Crippen MR) is 77.9 cm³/mol. The Bertz CT molecular complexity index is 665. The Morgan fingerprint density at radius 3 is 2.95 bits per heavy atom. The summed E-state index contributed by atoms with van der Waals surface area (Å²) in [7, 11) is 0. The van der Waals surface area contributed by atoms with Crippen molar-refractivity contribution in [3.05, 3.63) is 42.1 Å². The molecule has 0 spiro atoms. The summed E-state index contributed by atoms with van der Waals surface area (Å²) >= 11 is 0. The first-order chi connectivity index (χ1) is 9.65. The fraction of sp³-hybridized carbons (Fsp3) is 0.250. The number of pyridine rings is 1. The first kappa shape index (κ1) is 12.7. The number of carbonyl (C=O) groups excluding carboxylic acids is 1. The van der Waals surface area contributed by atoms with Gasteiger partial charge in [0.2, 0.25) is 0 Å². The van der Waals surface area contributed by atoms with Crippen LogP contribution in [0.1, 0.15) is 25.3 Å². The molecular weight excluding hydrogens is 252 g/mol. The van der Waals surface area contributed by atoms with Gasteiger partial charge in [-0.3, -0.25) is 9.78 Å². The lowest BCUT2D eigenvalue weighted by atomic mass is 10.0. The van der Waals surface area contributed by atoms with Crippen molar-refractivity contribution in [1.29, 1.82) is 0 Å². The number of carbonyl (C=O) groups is 1. The second-order valence-corrected chi connectivity index (χ2v) is 5.15. The minimum absolute atomic E-state index is 0.0495. The number of ether oxygens (including phenoxy) is 1. The van der Waals surface area contributed by atoms with Crippen LogP contribution in [0, 0.1) is 0 Å². The van der Waals surface area contributed by atoms with Crippen molar-refractivity contribution < 1.29 is 9.53 Å². The molecule has 0 aliphatic carbocycles. The Labute approximate surface area is 117 Å². The monoisotopic (exact) mass is 268 g/mol. The number of anilines is 1. The first-order valence-corrected chi connectivity index (χ1v) is 6.67. The van der Waals surface area contributed by atoms with E-state index in [-0.39, 0.29) is 12.5 Å². The van der Waals surface area contributed by atoms with Crippen LogP contribution in [0.2, 0.25) is 0 Å². The van der Waals surface area contributed by atoms with Gasteiger partial charge in [-0.15, -0.1) is 0 Å². The quantitative estimate of drug-likeness (QED) is 0.910.